The van der Waals surface area contributed by atoms with E-state index in [0.29, 0.717) is 6.54 Å². The van der Waals surface area contributed by atoms with E-state index in [1.807, 2.05) is 0 Å². The van der Waals surface area contributed by atoms with Crippen molar-refractivity contribution in [3.63, 3.8) is 0 Å². The molecule has 0 atom stereocenters. The molecule has 1 aromatic heterocycles. The van der Waals surface area contributed by atoms with E-state index in [1.54, 1.807) is 12.1 Å². The molecule has 0 aliphatic rings. The number of benzene rings is 1. The minimum absolute atomic E-state index is 0.103. The first-order valence-electron chi connectivity index (χ1n) is 6.13. The standard InChI is InChI=1S/C13H13FN5O2/c1-2-15-12-11(19(20)21)8-17-13(18-12)16-7-9-3-5-10(14)6-4-9/h3-6,8H,1-2,7H2,(H2,15,16,17,18). The zero-order valence-corrected chi connectivity index (χ0v) is 11.0. The van der Waals surface area contributed by atoms with E-state index in [9.17, 15) is 14.5 Å². The largest absolute Gasteiger partial charge is 0.364 e. The summed E-state index contributed by atoms with van der Waals surface area (Å²) >= 11 is 0. The highest BCUT2D eigenvalue weighted by Gasteiger charge is 2.16. The Bertz CT molecular complexity index is 633. The van der Waals surface area contributed by atoms with E-state index >= 15 is 0 Å². The average molecular weight is 290 g/mol. The number of rotatable bonds is 6. The van der Waals surface area contributed by atoms with E-state index in [2.05, 4.69) is 27.5 Å². The summed E-state index contributed by atoms with van der Waals surface area (Å²) in [5.41, 5.74) is 0.621. The van der Waals surface area contributed by atoms with Crippen LogP contribution in [-0.4, -0.2) is 21.4 Å². The lowest BCUT2D eigenvalue weighted by Gasteiger charge is -2.07. The minimum Gasteiger partial charge on any atom is -0.364 e. The molecule has 0 aliphatic carbocycles. The summed E-state index contributed by atoms with van der Waals surface area (Å²) in [6.07, 6.45) is 1.12. The van der Waals surface area contributed by atoms with Crippen molar-refractivity contribution in [2.45, 2.75) is 6.54 Å². The highest BCUT2D eigenvalue weighted by atomic mass is 19.1. The predicted molar refractivity (Wildman–Crippen MR) is 76.3 cm³/mol. The van der Waals surface area contributed by atoms with Gasteiger partial charge in [-0.15, -0.1) is 0 Å². The van der Waals surface area contributed by atoms with E-state index < -0.39 is 4.92 Å². The van der Waals surface area contributed by atoms with Crippen LogP contribution < -0.4 is 10.6 Å². The monoisotopic (exact) mass is 290 g/mol. The Kier molecular flexibility index (Phi) is 4.60. The van der Waals surface area contributed by atoms with Crippen LogP contribution in [0.3, 0.4) is 0 Å². The van der Waals surface area contributed by atoms with Crippen LogP contribution >= 0.6 is 0 Å². The zero-order chi connectivity index (χ0) is 15.2. The lowest BCUT2D eigenvalue weighted by molar-refractivity contribution is -0.384. The van der Waals surface area contributed by atoms with E-state index in [-0.39, 0.29) is 29.8 Å². The van der Waals surface area contributed by atoms with Gasteiger partial charge >= 0.3 is 5.69 Å². The van der Waals surface area contributed by atoms with Crippen molar-refractivity contribution in [1.29, 1.82) is 0 Å². The Morgan fingerprint density at radius 2 is 2.00 bits per heavy atom. The summed E-state index contributed by atoms with van der Waals surface area (Å²) < 4.78 is 12.8. The molecule has 7 nitrogen and oxygen atoms in total. The number of aromatic nitrogens is 2. The fraction of sp³-hybridized carbons (Fsp3) is 0.154. The first-order chi connectivity index (χ1) is 10.1. The molecule has 109 valence electrons. The van der Waals surface area contributed by atoms with Gasteiger partial charge in [0.2, 0.25) is 11.8 Å². The van der Waals surface area contributed by atoms with Crippen molar-refractivity contribution >= 4 is 17.5 Å². The number of nitrogens with one attached hydrogen (secondary N) is 2. The molecule has 0 saturated carbocycles. The molecule has 0 fully saturated rings. The van der Waals surface area contributed by atoms with Gasteiger partial charge in [-0.05, 0) is 24.6 Å². The first-order valence-corrected chi connectivity index (χ1v) is 6.13. The number of hydrogen-bond acceptors (Lipinski definition) is 6. The van der Waals surface area contributed by atoms with Crippen molar-refractivity contribution in [3.8, 4) is 0 Å². The van der Waals surface area contributed by atoms with Gasteiger partial charge in [-0.3, -0.25) is 10.1 Å². The second kappa shape index (κ2) is 6.60. The number of nitro groups is 1. The smallest absolute Gasteiger partial charge is 0.329 e. The fourth-order valence-electron chi connectivity index (χ4n) is 1.63. The summed E-state index contributed by atoms with van der Waals surface area (Å²) in [6, 6.07) is 5.96. The molecular weight excluding hydrogens is 277 g/mol. The summed E-state index contributed by atoms with van der Waals surface area (Å²) in [4.78, 5) is 18.2. The molecule has 0 amide bonds. The molecule has 2 rings (SSSR count). The zero-order valence-electron chi connectivity index (χ0n) is 11.0. The van der Waals surface area contributed by atoms with Gasteiger partial charge in [0.15, 0.2) is 0 Å². The van der Waals surface area contributed by atoms with Gasteiger partial charge in [0, 0.05) is 13.1 Å². The van der Waals surface area contributed by atoms with Gasteiger partial charge < -0.3 is 10.6 Å². The molecule has 1 heterocycles. The number of halogens is 1. The second-order valence-corrected chi connectivity index (χ2v) is 4.09. The summed E-state index contributed by atoms with van der Waals surface area (Å²) in [5.74, 6) is 0.0275. The molecule has 8 heteroatoms. The normalized spacial score (nSPS) is 10.2. The molecule has 0 unspecified atom stereocenters. The van der Waals surface area contributed by atoms with Crippen molar-refractivity contribution in [3.05, 3.63) is 58.9 Å². The highest BCUT2D eigenvalue weighted by molar-refractivity contribution is 5.57. The first kappa shape index (κ1) is 14.6. The lowest BCUT2D eigenvalue weighted by atomic mass is 10.2. The van der Waals surface area contributed by atoms with Gasteiger partial charge in [0.05, 0.1) is 4.92 Å². The van der Waals surface area contributed by atoms with Crippen LogP contribution in [0, 0.1) is 22.9 Å². The maximum absolute atomic E-state index is 12.8. The van der Waals surface area contributed by atoms with Crippen LogP contribution in [0.25, 0.3) is 0 Å². The van der Waals surface area contributed by atoms with Gasteiger partial charge in [0.1, 0.15) is 12.0 Å². The molecule has 0 bridgehead atoms. The highest BCUT2D eigenvalue weighted by Crippen LogP contribution is 2.21. The molecule has 21 heavy (non-hydrogen) atoms. The van der Waals surface area contributed by atoms with Crippen LogP contribution in [0.15, 0.2) is 30.5 Å². The third-order valence-electron chi connectivity index (χ3n) is 2.62. The van der Waals surface area contributed by atoms with Gasteiger partial charge in [0.25, 0.3) is 0 Å². The molecular formula is C13H13FN5O2. The number of nitrogens with zero attached hydrogens (tertiary/aromatic N) is 3. The Labute approximate surface area is 120 Å². The summed E-state index contributed by atoms with van der Waals surface area (Å²) in [5, 5.41) is 16.5. The predicted octanol–water partition coefficient (Wildman–Crippen LogP) is 2.38. The van der Waals surface area contributed by atoms with Crippen LogP contribution in [0.1, 0.15) is 5.56 Å². The molecule has 1 radical (unpaired) electrons. The molecule has 2 aromatic rings. The van der Waals surface area contributed by atoms with Crippen LogP contribution in [0.2, 0.25) is 0 Å². The van der Waals surface area contributed by atoms with E-state index in [4.69, 9.17) is 0 Å². The fourth-order valence-corrected chi connectivity index (χ4v) is 1.63. The van der Waals surface area contributed by atoms with Gasteiger partial charge in [-0.25, -0.2) is 9.37 Å². The summed E-state index contributed by atoms with van der Waals surface area (Å²) in [6.45, 7) is 4.20. The molecule has 1 aromatic carbocycles. The van der Waals surface area contributed by atoms with Crippen molar-refractivity contribution < 1.29 is 9.31 Å². The van der Waals surface area contributed by atoms with Gasteiger partial charge in [-0.1, -0.05) is 12.1 Å². The number of anilines is 2. The quantitative estimate of drug-likeness (QED) is 0.626. The number of hydrogen-bond donors (Lipinski definition) is 2. The van der Waals surface area contributed by atoms with Crippen molar-refractivity contribution in [2.75, 3.05) is 17.2 Å². The van der Waals surface area contributed by atoms with Crippen LogP contribution in [0.5, 0.6) is 0 Å². The minimum atomic E-state index is -0.568. The van der Waals surface area contributed by atoms with E-state index in [0.717, 1.165) is 11.8 Å². The lowest BCUT2D eigenvalue weighted by Crippen LogP contribution is -2.09. The Morgan fingerprint density at radius 3 is 2.62 bits per heavy atom. The van der Waals surface area contributed by atoms with Crippen LogP contribution in [-0.2, 0) is 6.54 Å². The summed E-state index contributed by atoms with van der Waals surface area (Å²) in [7, 11) is 0. The third kappa shape index (κ3) is 3.85. The molecule has 0 spiro atoms. The van der Waals surface area contributed by atoms with Crippen LogP contribution in [0.4, 0.5) is 21.8 Å². The van der Waals surface area contributed by atoms with Crippen molar-refractivity contribution in [2.24, 2.45) is 0 Å². The molecule has 2 N–H and O–H groups in total. The molecule has 0 saturated heterocycles. The Balaban J connectivity index is 2.11. The van der Waals surface area contributed by atoms with Gasteiger partial charge in [-0.2, -0.15) is 4.98 Å². The topological polar surface area (TPSA) is 93.0 Å². The maximum Gasteiger partial charge on any atom is 0.329 e. The molecule has 0 aliphatic heterocycles. The Morgan fingerprint density at radius 1 is 1.29 bits per heavy atom. The maximum atomic E-state index is 12.8. The third-order valence-corrected chi connectivity index (χ3v) is 2.62. The SMILES string of the molecule is [CH2]CNc1nc(NCc2ccc(F)cc2)ncc1[N+](=O)[O-]. The Hall–Kier alpha value is -2.77. The second-order valence-electron chi connectivity index (χ2n) is 4.09. The van der Waals surface area contributed by atoms with E-state index in [1.165, 1.54) is 12.1 Å². The van der Waals surface area contributed by atoms with Crippen molar-refractivity contribution in [1.82, 2.24) is 9.97 Å². The average Bonchev–Trinajstić information content (AvgIpc) is 2.47.